The van der Waals surface area contributed by atoms with Gasteiger partial charge in [-0.05, 0) is 55.9 Å². The van der Waals surface area contributed by atoms with Crippen LogP contribution >= 0.6 is 0 Å². The number of nitrogens with one attached hydrogen (secondary N) is 3. The summed E-state index contributed by atoms with van der Waals surface area (Å²) in [6.45, 7) is 9.43. The zero-order valence-corrected chi connectivity index (χ0v) is 29.6. The first-order valence-corrected chi connectivity index (χ1v) is 17.8. The van der Waals surface area contributed by atoms with Crippen LogP contribution in [0, 0.1) is 6.92 Å². The van der Waals surface area contributed by atoms with Gasteiger partial charge in [-0.2, -0.15) is 10.2 Å². The van der Waals surface area contributed by atoms with Crippen molar-refractivity contribution in [1.82, 2.24) is 39.5 Å². The zero-order valence-electron chi connectivity index (χ0n) is 29.6. The van der Waals surface area contributed by atoms with Crippen LogP contribution < -0.4 is 20.9 Å². The minimum atomic E-state index is -0.640. The highest BCUT2D eigenvalue weighted by atomic mass is 16.2. The van der Waals surface area contributed by atoms with Gasteiger partial charge in [-0.25, -0.2) is 14.3 Å². The maximum Gasteiger partial charge on any atom is 0.323 e. The summed E-state index contributed by atoms with van der Waals surface area (Å²) in [6.07, 6.45) is 7.59. The standard InChI is InChI=1S/C36H43N11O5/c1-22(2)33-27(19-37-30-11-12-38-47(30)33)39-36(52)40-28-21-45(42-23(28)3)13-5-4-6-32(49)44-16-14-43(15-17-44)25-7-8-26-24(18-25)20-46(35(26)51)29-9-10-31(48)41-34(29)50/h7-8,11-12,18-19,21-22,29H,4-6,9-10,13-17,20H2,1-3H3,(H2,39,40,52)(H,41,48,50). The molecule has 3 N–H and O–H groups in total. The Hall–Kier alpha value is -5.80. The van der Waals surface area contributed by atoms with E-state index in [4.69, 9.17) is 0 Å². The van der Waals surface area contributed by atoms with Gasteiger partial charge < -0.3 is 25.3 Å². The van der Waals surface area contributed by atoms with Gasteiger partial charge in [0.25, 0.3) is 5.91 Å². The number of hydrogen-bond donors (Lipinski definition) is 3. The van der Waals surface area contributed by atoms with Gasteiger partial charge in [-0.3, -0.25) is 29.2 Å². The summed E-state index contributed by atoms with van der Waals surface area (Å²) in [5, 5.41) is 17.0. The lowest BCUT2D eigenvalue weighted by atomic mass is 10.0. The molecule has 3 aromatic heterocycles. The summed E-state index contributed by atoms with van der Waals surface area (Å²) in [4.78, 5) is 73.0. The number of anilines is 3. The molecule has 1 atom stereocenters. The molecule has 1 unspecified atom stereocenters. The molecule has 272 valence electrons. The average Bonchev–Trinajstić information content (AvgIpc) is 3.83. The number of aryl methyl sites for hydroxylation is 2. The number of amides is 6. The highest BCUT2D eigenvalue weighted by Gasteiger charge is 2.39. The van der Waals surface area contributed by atoms with Crippen LogP contribution in [-0.4, -0.2) is 96.1 Å². The Balaban J connectivity index is 0.847. The molecule has 0 aliphatic carbocycles. The highest BCUT2D eigenvalue weighted by molar-refractivity contribution is 6.05. The minimum Gasteiger partial charge on any atom is -0.368 e. The largest absolute Gasteiger partial charge is 0.368 e. The van der Waals surface area contributed by atoms with E-state index in [1.54, 1.807) is 32.7 Å². The fraction of sp³-hybridized carbons (Fsp3) is 0.444. The van der Waals surface area contributed by atoms with Gasteiger partial charge >= 0.3 is 6.03 Å². The third-order valence-electron chi connectivity index (χ3n) is 9.97. The monoisotopic (exact) mass is 709 g/mol. The van der Waals surface area contributed by atoms with Crippen LogP contribution in [0.4, 0.5) is 21.9 Å². The number of urea groups is 1. The molecule has 0 bridgehead atoms. The number of carbonyl (C=O) groups is 5. The van der Waals surface area contributed by atoms with Gasteiger partial charge in [0.2, 0.25) is 17.7 Å². The minimum absolute atomic E-state index is 0.106. The van der Waals surface area contributed by atoms with Gasteiger partial charge in [0.05, 0.1) is 35.2 Å². The van der Waals surface area contributed by atoms with Crippen LogP contribution in [0.1, 0.15) is 79.2 Å². The maximum absolute atomic E-state index is 13.1. The lowest BCUT2D eigenvalue weighted by Gasteiger charge is -2.36. The van der Waals surface area contributed by atoms with E-state index >= 15 is 0 Å². The molecule has 0 radical (unpaired) electrons. The van der Waals surface area contributed by atoms with E-state index in [0.717, 1.165) is 23.4 Å². The molecule has 16 heteroatoms. The van der Waals surface area contributed by atoms with Crippen LogP contribution in [0.25, 0.3) is 5.65 Å². The first-order chi connectivity index (χ1) is 25.0. The van der Waals surface area contributed by atoms with Crippen molar-refractivity contribution < 1.29 is 24.0 Å². The smallest absolute Gasteiger partial charge is 0.323 e. The molecule has 0 spiro atoms. The Morgan fingerprint density at radius 2 is 1.81 bits per heavy atom. The number of nitrogens with zero attached hydrogens (tertiary/aromatic N) is 8. The number of hydrogen-bond acceptors (Lipinski definition) is 9. The van der Waals surface area contributed by atoms with Crippen molar-refractivity contribution in [2.45, 2.75) is 77.9 Å². The van der Waals surface area contributed by atoms with Crippen LogP contribution in [-0.2, 0) is 27.5 Å². The number of carbonyl (C=O) groups excluding carboxylic acids is 5. The molecular weight excluding hydrogens is 666 g/mol. The molecule has 52 heavy (non-hydrogen) atoms. The Morgan fingerprint density at radius 3 is 2.58 bits per heavy atom. The Labute approximate surface area is 300 Å². The van der Waals surface area contributed by atoms with Gasteiger partial charge in [0, 0.05) is 75.6 Å². The maximum atomic E-state index is 13.1. The predicted octanol–water partition coefficient (Wildman–Crippen LogP) is 3.28. The summed E-state index contributed by atoms with van der Waals surface area (Å²) >= 11 is 0. The second-order valence-corrected chi connectivity index (χ2v) is 13.8. The van der Waals surface area contributed by atoms with Crippen molar-refractivity contribution in [2.24, 2.45) is 0 Å². The molecule has 6 heterocycles. The summed E-state index contributed by atoms with van der Waals surface area (Å²) in [5.74, 6) is -0.682. The third kappa shape index (κ3) is 7.05. The fourth-order valence-electron chi connectivity index (χ4n) is 7.25. The number of piperidine rings is 1. The van der Waals surface area contributed by atoms with Crippen LogP contribution in [0.5, 0.6) is 0 Å². The fourth-order valence-corrected chi connectivity index (χ4v) is 7.25. The lowest BCUT2D eigenvalue weighted by Crippen LogP contribution is -2.52. The van der Waals surface area contributed by atoms with Gasteiger partial charge in [0.15, 0.2) is 5.65 Å². The zero-order chi connectivity index (χ0) is 36.5. The van der Waals surface area contributed by atoms with E-state index in [-0.39, 0.29) is 30.1 Å². The van der Waals surface area contributed by atoms with E-state index in [2.05, 4.69) is 36.0 Å². The van der Waals surface area contributed by atoms with E-state index in [1.165, 1.54) is 0 Å². The first kappa shape index (κ1) is 34.6. The second kappa shape index (κ2) is 14.4. The average molecular weight is 710 g/mol. The van der Waals surface area contributed by atoms with E-state index < -0.39 is 18.0 Å². The Bertz CT molecular complexity index is 2040. The van der Waals surface area contributed by atoms with E-state index in [9.17, 15) is 24.0 Å². The molecule has 3 aliphatic heterocycles. The molecule has 0 saturated carbocycles. The van der Waals surface area contributed by atoms with Crippen molar-refractivity contribution in [3.63, 3.8) is 0 Å². The van der Waals surface area contributed by atoms with Gasteiger partial charge in [-0.15, -0.1) is 0 Å². The topological polar surface area (TPSA) is 179 Å². The summed E-state index contributed by atoms with van der Waals surface area (Å²) in [6, 6.07) is 6.52. The van der Waals surface area contributed by atoms with Crippen molar-refractivity contribution in [2.75, 3.05) is 41.7 Å². The summed E-state index contributed by atoms with van der Waals surface area (Å²) < 4.78 is 3.52. The van der Waals surface area contributed by atoms with Crippen LogP contribution in [0.15, 0.2) is 42.9 Å². The Morgan fingerprint density at radius 1 is 1.02 bits per heavy atom. The summed E-state index contributed by atoms with van der Waals surface area (Å²) in [7, 11) is 0. The number of unbranched alkanes of at least 4 members (excludes halogenated alkanes) is 1. The Kier molecular flexibility index (Phi) is 9.62. The molecule has 1 aromatic carbocycles. The highest BCUT2D eigenvalue weighted by Crippen LogP contribution is 2.31. The molecule has 2 fully saturated rings. The first-order valence-electron chi connectivity index (χ1n) is 17.8. The number of rotatable bonds is 10. The molecule has 4 aromatic rings. The quantitative estimate of drug-likeness (QED) is 0.165. The lowest BCUT2D eigenvalue weighted by molar-refractivity contribution is -0.137. The predicted molar refractivity (Wildman–Crippen MR) is 192 cm³/mol. The number of fused-ring (bicyclic) bond motifs is 2. The molecular formula is C36H43N11O5. The van der Waals surface area contributed by atoms with E-state index in [0.29, 0.717) is 86.8 Å². The van der Waals surface area contributed by atoms with E-state index in [1.807, 2.05) is 49.9 Å². The van der Waals surface area contributed by atoms with Gasteiger partial charge in [0.1, 0.15) is 6.04 Å². The molecule has 6 amide bonds. The number of imide groups is 1. The molecule has 3 aliphatic rings. The van der Waals surface area contributed by atoms with Crippen molar-refractivity contribution in [1.29, 1.82) is 0 Å². The van der Waals surface area contributed by atoms with Crippen molar-refractivity contribution in [3.05, 3.63) is 65.4 Å². The molecule has 2 saturated heterocycles. The molecule has 7 rings (SSSR count). The number of aromatic nitrogens is 5. The number of piperazine rings is 1. The summed E-state index contributed by atoms with van der Waals surface area (Å²) in [5.41, 5.74) is 5.88. The van der Waals surface area contributed by atoms with Crippen molar-refractivity contribution >= 4 is 52.4 Å². The second-order valence-electron chi connectivity index (χ2n) is 13.8. The number of benzene rings is 1. The normalized spacial score (nSPS) is 17.6. The SMILES string of the molecule is Cc1nn(CCCCC(=O)N2CCN(c3ccc4c(c3)CN(C3CCC(=O)NC3=O)C4=O)CC2)cc1NC(=O)Nc1cnc2ccnn2c1C(C)C. The van der Waals surface area contributed by atoms with Crippen LogP contribution in [0.2, 0.25) is 0 Å². The third-order valence-corrected chi connectivity index (χ3v) is 9.97. The van der Waals surface area contributed by atoms with Crippen LogP contribution in [0.3, 0.4) is 0 Å². The van der Waals surface area contributed by atoms with Gasteiger partial charge in [-0.1, -0.05) is 13.8 Å². The van der Waals surface area contributed by atoms with Crippen molar-refractivity contribution in [3.8, 4) is 0 Å². The molecule has 16 nitrogen and oxygen atoms in total.